The minimum Gasteiger partial charge on any atom is -0.456 e. The Kier molecular flexibility index (Phi) is 6.38. The average Bonchev–Trinajstić information content (AvgIpc) is 3.73. The van der Waals surface area contributed by atoms with Crippen molar-refractivity contribution in [2.75, 3.05) is 0 Å². The van der Waals surface area contributed by atoms with Gasteiger partial charge in [0.15, 0.2) is 0 Å². The van der Waals surface area contributed by atoms with E-state index < -0.39 is 0 Å². The smallest absolute Gasteiger partial charge is 0.146 e. The molecule has 6 heteroatoms. The largest absolute Gasteiger partial charge is 0.456 e. The van der Waals surface area contributed by atoms with E-state index in [1.165, 1.54) is 0 Å². The summed E-state index contributed by atoms with van der Waals surface area (Å²) in [7, 11) is 0. The van der Waals surface area contributed by atoms with E-state index in [-0.39, 0.29) is 12.3 Å². The molecule has 234 valence electrons. The van der Waals surface area contributed by atoms with Crippen molar-refractivity contribution in [2.24, 2.45) is 4.99 Å². The highest BCUT2D eigenvalue weighted by molar-refractivity contribution is 6.32. The van der Waals surface area contributed by atoms with Crippen LogP contribution in [0.1, 0.15) is 29.0 Å². The molecule has 2 atom stereocenters. The highest BCUT2D eigenvalue weighted by Gasteiger charge is 2.29. The summed E-state index contributed by atoms with van der Waals surface area (Å²) in [5.74, 6) is 0.780. The van der Waals surface area contributed by atoms with Crippen molar-refractivity contribution in [3.8, 4) is 11.1 Å². The van der Waals surface area contributed by atoms with Crippen LogP contribution in [-0.4, -0.2) is 5.84 Å². The quantitative estimate of drug-likeness (QED) is 0.198. The Morgan fingerprint density at radius 1 is 0.531 bits per heavy atom. The summed E-state index contributed by atoms with van der Waals surface area (Å²) in [6, 6.07) is 49.9. The number of nitrogens with zero attached hydrogens (tertiary/aromatic N) is 1. The third-order valence-electron chi connectivity index (χ3n) is 9.65. The molecule has 5 nitrogen and oxygen atoms in total. The van der Waals surface area contributed by atoms with Gasteiger partial charge in [-0.05, 0) is 69.4 Å². The van der Waals surface area contributed by atoms with E-state index in [4.69, 9.17) is 25.4 Å². The molecule has 9 aromatic rings. The van der Waals surface area contributed by atoms with E-state index >= 15 is 0 Å². The van der Waals surface area contributed by atoms with Gasteiger partial charge >= 0.3 is 0 Å². The molecule has 7 aromatic carbocycles. The van der Waals surface area contributed by atoms with Gasteiger partial charge in [-0.15, -0.1) is 0 Å². The molecule has 2 N–H and O–H groups in total. The summed E-state index contributed by atoms with van der Waals surface area (Å²) in [6.45, 7) is 0. The lowest BCUT2D eigenvalue weighted by Gasteiger charge is -2.33. The second-order valence-electron chi connectivity index (χ2n) is 12.5. The van der Waals surface area contributed by atoms with E-state index in [9.17, 15) is 0 Å². The Hall–Kier alpha value is -5.88. The standard InChI is InChI=1S/C43H28ClN3O2/c44-26-20-23-37-35(24-26)39-31(15-9-19-38(39)48-37)29-21-22-33(28-13-5-4-12-27(28)29)42-45-41(25-10-2-1-3-11-25)46-43(47-42)34-17-8-16-32-30-14-6-7-18-36(30)49-40(32)34/h1-24,41-42,45H,(H,46,47). The third kappa shape index (κ3) is 4.55. The molecule has 1 aliphatic heterocycles. The average molecular weight is 654 g/mol. The molecule has 0 spiro atoms. The number of para-hydroxylation sites is 2. The summed E-state index contributed by atoms with van der Waals surface area (Å²) in [6.07, 6.45) is -0.531. The van der Waals surface area contributed by atoms with E-state index in [1.807, 2.05) is 48.5 Å². The maximum Gasteiger partial charge on any atom is 0.146 e. The summed E-state index contributed by atoms with van der Waals surface area (Å²) in [5.41, 5.74) is 8.71. The molecular formula is C43H28ClN3O2. The highest BCUT2D eigenvalue weighted by atomic mass is 35.5. The number of halogens is 1. The van der Waals surface area contributed by atoms with Crippen LogP contribution in [0.3, 0.4) is 0 Å². The van der Waals surface area contributed by atoms with Crippen molar-refractivity contribution in [2.45, 2.75) is 12.3 Å². The predicted molar refractivity (Wildman–Crippen MR) is 200 cm³/mol. The zero-order valence-electron chi connectivity index (χ0n) is 26.2. The summed E-state index contributed by atoms with van der Waals surface area (Å²) in [4.78, 5) is 5.24. The molecule has 0 bridgehead atoms. The minimum absolute atomic E-state index is 0.249. The second-order valence-corrected chi connectivity index (χ2v) is 12.9. The Balaban J connectivity index is 1.14. The molecule has 3 heterocycles. The van der Waals surface area contributed by atoms with Gasteiger partial charge in [-0.1, -0.05) is 121 Å². The van der Waals surface area contributed by atoms with Gasteiger partial charge < -0.3 is 14.2 Å². The lowest BCUT2D eigenvalue weighted by molar-refractivity contribution is 0.411. The molecule has 0 saturated carbocycles. The van der Waals surface area contributed by atoms with Crippen LogP contribution in [0.2, 0.25) is 5.02 Å². The molecule has 0 radical (unpaired) electrons. The normalized spacial score (nSPS) is 16.5. The number of benzene rings is 7. The Morgan fingerprint density at radius 3 is 2.14 bits per heavy atom. The van der Waals surface area contributed by atoms with Crippen LogP contribution in [-0.2, 0) is 0 Å². The van der Waals surface area contributed by atoms with Crippen molar-refractivity contribution in [1.82, 2.24) is 10.6 Å². The van der Waals surface area contributed by atoms with Gasteiger partial charge in [0.2, 0.25) is 0 Å². The molecule has 49 heavy (non-hydrogen) atoms. The lowest BCUT2D eigenvalue weighted by atomic mass is 9.91. The van der Waals surface area contributed by atoms with Gasteiger partial charge in [0.05, 0.1) is 5.56 Å². The van der Waals surface area contributed by atoms with Crippen molar-refractivity contribution < 1.29 is 8.83 Å². The van der Waals surface area contributed by atoms with Crippen LogP contribution in [0.25, 0.3) is 65.8 Å². The zero-order valence-corrected chi connectivity index (χ0v) is 26.9. The summed E-state index contributed by atoms with van der Waals surface area (Å²) < 4.78 is 12.7. The highest BCUT2D eigenvalue weighted by Crippen LogP contribution is 2.42. The van der Waals surface area contributed by atoms with E-state index in [1.54, 1.807) is 0 Å². The number of hydrogen-bond acceptors (Lipinski definition) is 5. The second kappa shape index (κ2) is 11.1. The zero-order chi connectivity index (χ0) is 32.5. The van der Waals surface area contributed by atoms with Gasteiger partial charge in [-0.3, -0.25) is 5.32 Å². The number of nitrogens with one attached hydrogen (secondary N) is 2. The fourth-order valence-electron chi connectivity index (χ4n) is 7.43. The van der Waals surface area contributed by atoms with E-state index in [0.717, 1.165) is 88.3 Å². The van der Waals surface area contributed by atoms with Crippen molar-refractivity contribution in [1.29, 1.82) is 0 Å². The molecule has 0 amide bonds. The first-order valence-corrected chi connectivity index (χ1v) is 16.8. The van der Waals surface area contributed by atoms with E-state index in [0.29, 0.717) is 5.02 Å². The van der Waals surface area contributed by atoms with Gasteiger partial charge in [-0.25, -0.2) is 4.99 Å². The lowest BCUT2D eigenvalue weighted by Crippen LogP contribution is -2.45. The maximum absolute atomic E-state index is 6.47. The van der Waals surface area contributed by atoms with Gasteiger partial charge in [-0.2, -0.15) is 0 Å². The Labute approximate surface area is 286 Å². The van der Waals surface area contributed by atoms with Gasteiger partial charge in [0.1, 0.15) is 40.5 Å². The van der Waals surface area contributed by atoms with Crippen molar-refractivity contribution in [3.05, 3.63) is 167 Å². The van der Waals surface area contributed by atoms with Gasteiger partial charge in [0.25, 0.3) is 0 Å². The Morgan fingerprint density at radius 2 is 1.24 bits per heavy atom. The topological polar surface area (TPSA) is 62.7 Å². The fourth-order valence-corrected chi connectivity index (χ4v) is 7.60. The Bertz CT molecular complexity index is 2760. The first-order chi connectivity index (χ1) is 24.2. The van der Waals surface area contributed by atoms with Crippen LogP contribution in [0.5, 0.6) is 0 Å². The molecule has 0 aliphatic carbocycles. The monoisotopic (exact) mass is 653 g/mol. The molecule has 1 aliphatic rings. The fraction of sp³-hybridized carbons (Fsp3) is 0.0465. The van der Waals surface area contributed by atoms with E-state index in [2.05, 4.69) is 108 Å². The van der Waals surface area contributed by atoms with Crippen LogP contribution in [0, 0.1) is 0 Å². The predicted octanol–water partition coefficient (Wildman–Crippen LogP) is 11.3. The number of aliphatic imine (C=N–C) groups is 1. The number of amidine groups is 1. The van der Waals surface area contributed by atoms with Crippen molar-refractivity contribution >= 4 is 72.1 Å². The molecule has 0 fully saturated rings. The molecule has 0 saturated heterocycles. The van der Waals surface area contributed by atoms with Crippen LogP contribution in [0.4, 0.5) is 0 Å². The van der Waals surface area contributed by atoms with Crippen LogP contribution < -0.4 is 10.6 Å². The minimum atomic E-state index is -0.281. The van der Waals surface area contributed by atoms with Crippen LogP contribution in [0.15, 0.2) is 159 Å². The van der Waals surface area contributed by atoms with Crippen LogP contribution >= 0.6 is 11.6 Å². The molecule has 2 unspecified atom stereocenters. The maximum atomic E-state index is 6.47. The van der Waals surface area contributed by atoms with Gasteiger partial charge in [0, 0.05) is 26.6 Å². The first-order valence-electron chi connectivity index (χ1n) is 16.4. The summed E-state index contributed by atoms with van der Waals surface area (Å²) in [5, 5.41) is 14.8. The number of rotatable bonds is 4. The number of furan rings is 2. The summed E-state index contributed by atoms with van der Waals surface area (Å²) >= 11 is 6.47. The SMILES string of the molecule is Clc1ccc2oc3cccc(-c4ccc(C5NC(c6cccc7c6oc6ccccc67)=NC(c6ccccc6)N5)c5ccccc45)c3c2c1. The number of hydrogen-bond donors (Lipinski definition) is 2. The molecule has 10 rings (SSSR count). The third-order valence-corrected chi connectivity index (χ3v) is 9.89. The first kappa shape index (κ1) is 28.2. The number of fused-ring (bicyclic) bond motifs is 7. The van der Waals surface area contributed by atoms with Crippen molar-refractivity contribution in [3.63, 3.8) is 0 Å². The molecule has 2 aromatic heterocycles. The molecular weight excluding hydrogens is 626 g/mol.